The molecule has 2 atom stereocenters. The summed E-state index contributed by atoms with van der Waals surface area (Å²) in [5, 5.41) is 3.51. The quantitative estimate of drug-likeness (QED) is 0.763. The second kappa shape index (κ2) is 5.28. The number of anilines is 2. The molecule has 2 aliphatic heterocycles. The Morgan fingerprint density at radius 3 is 2.70 bits per heavy atom. The third kappa shape index (κ3) is 2.16. The third-order valence-electron chi connectivity index (χ3n) is 4.83. The van der Waals surface area contributed by atoms with Gasteiger partial charge in [-0.05, 0) is 24.6 Å². The van der Waals surface area contributed by atoms with E-state index in [-0.39, 0.29) is 17.6 Å². The maximum atomic E-state index is 12.0. The molecule has 2 heterocycles. The fourth-order valence-electron chi connectivity index (χ4n) is 3.70. The lowest BCUT2D eigenvalue weighted by atomic mass is 9.89. The Labute approximate surface area is 135 Å². The summed E-state index contributed by atoms with van der Waals surface area (Å²) >= 11 is 0. The molecule has 0 aromatic heterocycles. The maximum Gasteiger partial charge on any atom is 0.221 e. The van der Waals surface area contributed by atoms with Crippen LogP contribution in [-0.4, -0.2) is 23.5 Å². The highest BCUT2D eigenvalue weighted by atomic mass is 16.2. The summed E-state index contributed by atoms with van der Waals surface area (Å²) in [4.78, 5) is 13.9. The molecule has 2 aromatic carbocycles. The van der Waals surface area contributed by atoms with E-state index in [2.05, 4.69) is 28.3 Å². The Morgan fingerprint density at radius 2 is 1.91 bits per heavy atom. The van der Waals surface area contributed by atoms with Crippen molar-refractivity contribution in [3.05, 3.63) is 60.2 Å². The summed E-state index contributed by atoms with van der Waals surface area (Å²) < 4.78 is 0. The topological polar surface area (TPSA) is 56.4 Å². The number of benzene rings is 2. The van der Waals surface area contributed by atoms with Gasteiger partial charge in [0.15, 0.2) is 0 Å². The molecule has 2 aromatic rings. The predicted octanol–water partition coefficient (Wildman–Crippen LogP) is 2.50. The Balaban J connectivity index is 1.68. The van der Waals surface area contributed by atoms with Crippen LogP contribution < -0.4 is 16.2 Å². The number of carbonyl (C=O) groups is 1. The number of nitrogens with zero attached hydrogens (tertiary/aromatic N) is 1. The molecule has 1 fully saturated rings. The molecule has 0 saturated carbocycles. The fourth-order valence-corrected chi connectivity index (χ4v) is 3.70. The van der Waals surface area contributed by atoms with Gasteiger partial charge in [0.1, 0.15) is 11.7 Å². The summed E-state index contributed by atoms with van der Waals surface area (Å²) in [7, 11) is 0. The first-order valence-electron chi connectivity index (χ1n) is 7.92. The van der Waals surface area contributed by atoms with Crippen LogP contribution in [0, 0.1) is 0 Å². The molecule has 3 N–H and O–H groups in total. The molecule has 0 unspecified atom stereocenters. The molecule has 4 rings (SSSR count). The number of hydrogen-bond acceptors (Lipinski definition) is 4. The van der Waals surface area contributed by atoms with E-state index in [0.717, 1.165) is 24.3 Å². The van der Waals surface area contributed by atoms with Gasteiger partial charge in [-0.3, -0.25) is 4.79 Å². The van der Waals surface area contributed by atoms with Gasteiger partial charge in [-0.25, -0.2) is 5.43 Å². The van der Waals surface area contributed by atoms with Crippen molar-refractivity contribution in [3.8, 4) is 0 Å². The van der Waals surface area contributed by atoms with Crippen LogP contribution in [0.3, 0.4) is 0 Å². The number of carbonyl (C=O) groups excluding carboxylic acids is 1. The minimum atomic E-state index is -0.321. The normalized spacial score (nSPS) is 24.7. The van der Waals surface area contributed by atoms with Gasteiger partial charge in [-0.2, -0.15) is 0 Å². The number of likely N-dealkylation sites (tertiary alicyclic amines) is 1. The molecule has 23 heavy (non-hydrogen) atoms. The van der Waals surface area contributed by atoms with Gasteiger partial charge in [-0.1, -0.05) is 36.4 Å². The summed E-state index contributed by atoms with van der Waals surface area (Å²) in [5.74, 6) is 0.0960. The van der Waals surface area contributed by atoms with Gasteiger partial charge in [0, 0.05) is 30.4 Å². The molecular weight excluding hydrogens is 288 g/mol. The maximum absolute atomic E-state index is 12.0. The van der Waals surface area contributed by atoms with E-state index in [4.69, 9.17) is 0 Å². The summed E-state index contributed by atoms with van der Waals surface area (Å²) in [6.45, 7) is 2.37. The van der Waals surface area contributed by atoms with Crippen LogP contribution in [0.15, 0.2) is 54.6 Å². The van der Waals surface area contributed by atoms with E-state index in [1.54, 1.807) is 6.92 Å². The average molecular weight is 308 g/mol. The fraction of sp³-hybridized carbons (Fsp3) is 0.278. The van der Waals surface area contributed by atoms with E-state index in [1.807, 2.05) is 47.4 Å². The van der Waals surface area contributed by atoms with Gasteiger partial charge in [-0.15, -0.1) is 0 Å². The lowest BCUT2D eigenvalue weighted by Crippen LogP contribution is -2.54. The average Bonchev–Trinajstić information content (AvgIpc) is 3.08. The van der Waals surface area contributed by atoms with Crippen LogP contribution in [0.2, 0.25) is 0 Å². The van der Waals surface area contributed by atoms with E-state index in [0.29, 0.717) is 0 Å². The standard InChI is InChI=1S/C18H20N4O/c1-13(23)22-12-11-18(21-20-14-7-3-2-4-8-14)15-9-5-6-10-16(15)19-17(18)22/h2-10,17,19-21H,11-12H2,1H3/t17-,18+/m0/s1. The van der Waals surface area contributed by atoms with Crippen LogP contribution in [0.1, 0.15) is 18.9 Å². The lowest BCUT2D eigenvalue weighted by Gasteiger charge is -2.33. The second-order valence-corrected chi connectivity index (χ2v) is 6.14. The number of hydrazine groups is 1. The molecule has 5 heteroatoms. The van der Waals surface area contributed by atoms with Crippen molar-refractivity contribution in [3.63, 3.8) is 0 Å². The summed E-state index contributed by atoms with van der Waals surface area (Å²) in [6.07, 6.45) is 0.787. The van der Waals surface area contributed by atoms with Crippen LogP contribution >= 0.6 is 0 Å². The third-order valence-corrected chi connectivity index (χ3v) is 4.83. The SMILES string of the molecule is CC(=O)N1CC[C@@]2(NNc3ccccc3)c3ccccc3N[C@@H]12. The number of hydrogen-bond donors (Lipinski definition) is 3. The first kappa shape index (κ1) is 14.1. The highest BCUT2D eigenvalue weighted by Crippen LogP contribution is 2.46. The predicted molar refractivity (Wildman–Crippen MR) is 90.7 cm³/mol. The minimum Gasteiger partial charge on any atom is -0.363 e. The largest absolute Gasteiger partial charge is 0.363 e. The van der Waals surface area contributed by atoms with E-state index in [9.17, 15) is 4.79 Å². The van der Waals surface area contributed by atoms with Crippen molar-refractivity contribution in [2.45, 2.75) is 25.0 Å². The zero-order valence-electron chi connectivity index (χ0n) is 13.0. The Bertz CT molecular complexity index is 733. The molecule has 2 aliphatic rings. The first-order chi connectivity index (χ1) is 11.2. The molecule has 0 radical (unpaired) electrons. The molecule has 1 amide bonds. The van der Waals surface area contributed by atoms with E-state index in [1.165, 1.54) is 5.56 Å². The molecule has 0 aliphatic carbocycles. The van der Waals surface area contributed by atoms with Crippen molar-refractivity contribution in [2.75, 3.05) is 17.3 Å². The van der Waals surface area contributed by atoms with Gasteiger partial charge >= 0.3 is 0 Å². The van der Waals surface area contributed by atoms with Crippen molar-refractivity contribution < 1.29 is 4.79 Å². The van der Waals surface area contributed by atoms with Crippen molar-refractivity contribution in [1.82, 2.24) is 10.3 Å². The molecule has 0 spiro atoms. The molecule has 5 nitrogen and oxygen atoms in total. The first-order valence-corrected chi connectivity index (χ1v) is 7.92. The van der Waals surface area contributed by atoms with Gasteiger partial charge < -0.3 is 15.6 Å². The molecule has 118 valence electrons. The number of para-hydroxylation sites is 2. The smallest absolute Gasteiger partial charge is 0.221 e. The van der Waals surface area contributed by atoms with Crippen molar-refractivity contribution >= 4 is 17.3 Å². The Kier molecular flexibility index (Phi) is 3.23. The highest BCUT2D eigenvalue weighted by Gasteiger charge is 2.54. The molecule has 0 bridgehead atoms. The van der Waals surface area contributed by atoms with Crippen molar-refractivity contribution in [1.29, 1.82) is 0 Å². The number of fused-ring (bicyclic) bond motifs is 3. The zero-order chi connectivity index (χ0) is 15.9. The second-order valence-electron chi connectivity index (χ2n) is 6.14. The number of nitrogens with one attached hydrogen (secondary N) is 3. The summed E-state index contributed by atoms with van der Waals surface area (Å²) in [6, 6.07) is 18.3. The van der Waals surface area contributed by atoms with Crippen LogP contribution in [0.4, 0.5) is 11.4 Å². The van der Waals surface area contributed by atoms with Crippen LogP contribution in [-0.2, 0) is 10.3 Å². The molecule has 1 saturated heterocycles. The van der Waals surface area contributed by atoms with Crippen LogP contribution in [0.25, 0.3) is 0 Å². The van der Waals surface area contributed by atoms with E-state index >= 15 is 0 Å². The van der Waals surface area contributed by atoms with Gasteiger partial charge in [0.25, 0.3) is 0 Å². The van der Waals surface area contributed by atoms with Gasteiger partial charge in [0.05, 0.1) is 0 Å². The monoisotopic (exact) mass is 308 g/mol. The number of amides is 1. The van der Waals surface area contributed by atoms with E-state index < -0.39 is 0 Å². The Hall–Kier alpha value is -2.53. The minimum absolute atomic E-state index is 0.0754. The zero-order valence-corrected chi connectivity index (χ0v) is 13.0. The summed E-state index contributed by atoms with van der Waals surface area (Å²) in [5.41, 5.74) is 9.81. The van der Waals surface area contributed by atoms with Crippen molar-refractivity contribution in [2.24, 2.45) is 0 Å². The lowest BCUT2D eigenvalue weighted by molar-refractivity contribution is -0.129. The molecular formula is C18H20N4O. The number of rotatable bonds is 3. The Morgan fingerprint density at radius 1 is 1.17 bits per heavy atom. The van der Waals surface area contributed by atoms with Gasteiger partial charge in [0.2, 0.25) is 5.91 Å². The highest BCUT2D eigenvalue weighted by molar-refractivity contribution is 5.77. The van der Waals surface area contributed by atoms with Crippen LogP contribution in [0.5, 0.6) is 0 Å².